The molecule has 1 fully saturated rings. The zero-order valence-corrected chi connectivity index (χ0v) is 21.0. The molecule has 6 heteroatoms. The number of nitrogens with zero attached hydrogens (tertiary/aromatic N) is 4. The average Bonchev–Trinajstić information content (AvgIpc) is 2.83. The van der Waals surface area contributed by atoms with Gasteiger partial charge in [-0.1, -0.05) is 43.9 Å². The van der Waals surface area contributed by atoms with Crippen molar-refractivity contribution in [2.45, 2.75) is 39.2 Å². The maximum Gasteiger partial charge on any atom is 0.161 e. The summed E-state index contributed by atoms with van der Waals surface area (Å²) in [7, 11) is 5.75. The van der Waals surface area contributed by atoms with E-state index in [0.717, 1.165) is 52.9 Å². The van der Waals surface area contributed by atoms with Gasteiger partial charge in [0.05, 0.1) is 0 Å². The summed E-state index contributed by atoms with van der Waals surface area (Å²) in [6.45, 7) is 8.33. The van der Waals surface area contributed by atoms with E-state index < -0.39 is 0 Å². The molecule has 0 bridgehead atoms. The molecule has 1 aliphatic rings. The zero-order chi connectivity index (χ0) is 24.7. The van der Waals surface area contributed by atoms with Crippen LogP contribution in [0.4, 0.5) is 5.82 Å². The molecule has 2 N–H and O–H groups in total. The highest BCUT2D eigenvalue weighted by atomic mass is 16.3. The van der Waals surface area contributed by atoms with Crippen molar-refractivity contribution < 1.29 is 5.11 Å². The van der Waals surface area contributed by atoms with Gasteiger partial charge in [0.25, 0.3) is 0 Å². The Morgan fingerprint density at radius 3 is 2.68 bits per heavy atom. The lowest BCUT2D eigenvalue weighted by Crippen LogP contribution is -2.47. The van der Waals surface area contributed by atoms with Crippen molar-refractivity contribution in [3.8, 4) is 11.4 Å². The van der Waals surface area contributed by atoms with E-state index in [-0.39, 0.29) is 18.1 Å². The smallest absolute Gasteiger partial charge is 0.161 e. The van der Waals surface area contributed by atoms with E-state index in [0.29, 0.717) is 5.82 Å². The Kier molecular flexibility index (Phi) is 8.40. The number of rotatable bonds is 10. The van der Waals surface area contributed by atoms with Crippen LogP contribution in [0.25, 0.3) is 22.5 Å². The fourth-order valence-corrected chi connectivity index (χ4v) is 4.45. The van der Waals surface area contributed by atoms with Crippen LogP contribution in [0.3, 0.4) is 0 Å². The topological polar surface area (TPSA) is 73.6 Å². The summed E-state index contributed by atoms with van der Waals surface area (Å²) in [5, 5.41) is 13.4. The maximum absolute atomic E-state index is 9.82. The van der Waals surface area contributed by atoms with E-state index in [9.17, 15) is 5.11 Å². The van der Waals surface area contributed by atoms with E-state index in [4.69, 9.17) is 9.97 Å². The van der Waals surface area contributed by atoms with Gasteiger partial charge < -0.3 is 15.3 Å². The molecular formula is C28H37N5O. The second-order valence-electron chi connectivity index (χ2n) is 9.18. The summed E-state index contributed by atoms with van der Waals surface area (Å²) >= 11 is 0. The molecule has 1 aromatic carbocycles. The highest BCUT2D eigenvalue weighted by Gasteiger charge is 2.42. The van der Waals surface area contributed by atoms with E-state index in [1.54, 1.807) is 7.05 Å². The lowest BCUT2D eigenvalue weighted by Gasteiger charge is -2.46. The molecule has 0 amide bonds. The molecule has 1 saturated carbocycles. The fourth-order valence-electron chi connectivity index (χ4n) is 4.45. The van der Waals surface area contributed by atoms with Crippen molar-refractivity contribution in [3.05, 3.63) is 66.5 Å². The summed E-state index contributed by atoms with van der Waals surface area (Å²) in [5.74, 6) is 1.46. The Morgan fingerprint density at radius 2 is 2.09 bits per heavy atom. The van der Waals surface area contributed by atoms with Crippen LogP contribution < -0.4 is 5.32 Å². The largest absolute Gasteiger partial charge is 0.396 e. The number of nitrogens with one attached hydrogen (secondary N) is 1. The molecule has 0 saturated heterocycles. The Bertz CT molecular complexity index is 1090. The first kappa shape index (κ1) is 25.4. The monoisotopic (exact) mass is 459 g/mol. The maximum atomic E-state index is 9.82. The summed E-state index contributed by atoms with van der Waals surface area (Å²) in [4.78, 5) is 15.9. The molecule has 0 atom stereocenters. The predicted octanol–water partition coefficient (Wildman–Crippen LogP) is 5.30. The predicted molar refractivity (Wildman–Crippen MR) is 144 cm³/mol. The van der Waals surface area contributed by atoms with Crippen LogP contribution in [0.15, 0.2) is 60.4 Å². The molecule has 2 aromatic rings. The summed E-state index contributed by atoms with van der Waals surface area (Å²) in [6.07, 6.45) is 12.5. The molecule has 1 heterocycles. The number of benzene rings is 1. The SMILES string of the molecule is C=C/C(=C\N(C)C)c1cccc(-c2ncc(/C(C=NC)=C/C)c(NC3CC(CC)(CO)C3)n2)c1. The first-order valence-corrected chi connectivity index (χ1v) is 11.8. The Balaban J connectivity index is 2.00. The standard InChI is InChI=1S/C28H37N5O/c1-7-20(16-29-4)25-17-30-26(32-27(25)31-24-14-28(9-3,15-24)19-34)23-12-10-11-22(13-23)21(8-2)18-33(5)6/h7-8,10-13,16-18,24,34H,2,9,14-15,19H2,1,3-6H3,(H,30,31,32)/b20-7+,21-18+,29-16?. The van der Waals surface area contributed by atoms with Crippen LogP contribution in [-0.4, -0.2) is 60.0 Å². The Hall–Kier alpha value is -3.25. The molecule has 1 aliphatic carbocycles. The lowest BCUT2D eigenvalue weighted by atomic mass is 9.64. The fraction of sp³-hybridized carbons (Fsp3) is 0.393. The second kappa shape index (κ2) is 11.3. The summed E-state index contributed by atoms with van der Waals surface area (Å²) in [6, 6.07) is 8.48. The van der Waals surface area contributed by atoms with Crippen LogP contribution in [0.2, 0.25) is 0 Å². The minimum atomic E-state index is 0.0240. The Labute approximate surface area is 203 Å². The van der Waals surface area contributed by atoms with Gasteiger partial charge in [0, 0.05) is 69.1 Å². The normalized spacial score (nSPS) is 20.8. The molecule has 0 aliphatic heterocycles. The second-order valence-corrected chi connectivity index (χ2v) is 9.18. The molecule has 34 heavy (non-hydrogen) atoms. The number of allylic oxidation sites excluding steroid dienone is 4. The molecule has 1 aromatic heterocycles. The molecule has 0 spiro atoms. The number of anilines is 1. The minimum absolute atomic E-state index is 0.0240. The van der Waals surface area contributed by atoms with Gasteiger partial charge in [-0.05, 0) is 48.8 Å². The summed E-state index contributed by atoms with van der Waals surface area (Å²) in [5.41, 5.74) is 4.95. The highest BCUT2D eigenvalue weighted by molar-refractivity contribution is 6.11. The van der Waals surface area contributed by atoms with Crippen LogP contribution in [0.5, 0.6) is 0 Å². The lowest BCUT2D eigenvalue weighted by molar-refractivity contribution is 0.0303. The number of hydrogen-bond donors (Lipinski definition) is 2. The average molecular weight is 460 g/mol. The van der Waals surface area contributed by atoms with Crippen LogP contribution >= 0.6 is 0 Å². The van der Waals surface area contributed by atoms with E-state index in [1.807, 2.05) is 68.8 Å². The van der Waals surface area contributed by atoms with Crippen molar-refractivity contribution in [1.29, 1.82) is 0 Å². The molecular weight excluding hydrogens is 422 g/mol. The summed E-state index contributed by atoms with van der Waals surface area (Å²) < 4.78 is 0. The third-order valence-corrected chi connectivity index (χ3v) is 6.54. The quantitative estimate of drug-likeness (QED) is 0.373. The van der Waals surface area contributed by atoms with Gasteiger partial charge in [0.15, 0.2) is 5.82 Å². The number of hydrogen-bond acceptors (Lipinski definition) is 6. The molecule has 6 nitrogen and oxygen atoms in total. The van der Waals surface area contributed by atoms with Crippen molar-refractivity contribution in [2.24, 2.45) is 10.4 Å². The van der Waals surface area contributed by atoms with Crippen molar-refractivity contribution >= 4 is 23.2 Å². The minimum Gasteiger partial charge on any atom is -0.396 e. The van der Waals surface area contributed by atoms with Gasteiger partial charge in [0.1, 0.15) is 5.82 Å². The van der Waals surface area contributed by atoms with Crippen molar-refractivity contribution in [1.82, 2.24) is 14.9 Å². The highest BCUT2D eigenvalue weighted by Crippen LogP contribution is 2.45. The number of aliphatic hydroxyl groups is 1. The molecule has 3 rings (SSSR count). The van der Waals surface area contributed by atoms with Crippen molar-refractivity contribution in [2.75, 3.05) is 33.1 Å². The van der Waals surface area contributed by atoms with E-state index in [1.165, 1.54) is 0 Å². The van der Waals surface area contributed by atoms with E-state index >= 15 is 0 Å². The van der Waals surface area contributed by atoms with Gasteiger partial charge in [-0.15, -0.1) is 0 Å². The van der Waals surface area contributed by atoms with Gasteiger partial charge in [-0.3, -0.25) is 4.99 Å². The number of aromatic nitrogens is 2. The van der Waals surface area contributed by atoms with Gasteiger partial charge in [-0.2, -0.15) is 0 Å². The van der Waals surface area contributed by atoms with Crippen LogP contribution in [0.1, 0.15) is 44.2 Å². The van der Waals surface area contributed by atoms with Gasteiger partial charge >= 0.3 is 0 Å². The third kappa shape index (κ3) is 5.62. The van der Waals surface area contributed by atoms with Crippen LogP contribution in [-0.2, 0) is 0 Å². The van der Waals surface area contributed by atoms with Crippen molar-refractivity contribution in [3.63, 3.8) is 0 Å². The number of aliphatic hydroxyl groups excluding tert-OH is 1. The molecule has 0 unspecified atom stereocenters. The van der Waals surface area contributed by atoms with Gasteiger partial charge in [-0.25, -0.2) is 9.97 Å². The Morgan fingerprint density at radius 1 is 1.32 bits per heavy atom. The van der Waals surface area contributed by atoms with E-state index in [2.05, 4.69) is 35.9 Å². The van der Waals surface area contributed by atoms with Crippen LogP contribution in [0, 0.1) is 5.41 Å². The molecule has 180 valence electrons. The van der Waals surface area contributed by atoms with Gasteiger partial charge in [0.2, 0.25) is 0 Å². The first-order valence-electron chi connectivity index (χ1n) is 11.8. The zero-order valence-electron chi connectivity index (χ0n) is 21.0. The number of aliphatic imine (C=N–C) groups is 1. The third-order valence-electron chi connectivity index (χ3n) is 6.54. The molecule has 0 radical (unpaired) electrons. The first-order chi connectivity index (χ1) is 16.4.